The first-order valence-electron chi connectivity index (χ1n) is 9.26. The Labute approximate surface area is 166 Å². The van der Waals surface area contributed by atoms with Gasteiger partial charge in [0.2, 0.25) is 10.0 Å². The van der Waals surface area contributed by atoms with Crippen molar-refractivity contribution in [1.82, 2.24) is 4.72 Å². The minimum atomic E-state index is -3.54. The minimum Gasteiger partial charge on any atom is -0.487 e. The molecule has 0 aromatic heterocycles. The number of hydrogen-bond donors (Lipinski definition) is 1. The normalized spacial score (nSPS) is 20.8. The molecule has 0 saturated heterocycles. The van der Waals surface area contributed by atoms with Crippen LogP contribution in [0.1, 0.15) is 52.1 Å². The molecule has 9 heteroatoms. The van der Waals surface area contributed by atoms with Gasteiger partial charge in [0.1, 0.15) is 11.4 Å². The molecular weight excluding hydrogens is 386 g/mol. The van der Waals surface area contributed by atoms with Crippen molar-refractivity contribution in [2.45, 2.75) is 52.2 Å². The molecule has 0 radical (unpaired) electrons. The Morgan fingerprint density at radius 2 is 2.04 bits per heavy atom. The molecule has 1 aliphatic heterocycles. The molecule has 2 rings (SSSR count). The molecule has 0 saturated carbocycles. The Morgan fingerprint density at radius 3 is 2.64 bits per heavy atom. The van der Waals surface area contributed by atoms with Crippen LogP contribution in [-0.4, -0.2) is 39.5 Å². The maximum atomic E-state index is 12.6. The van der Waals surface area contributed by atoms with Crippen LogP contribution in [0, 0.1) is 5.92 Å². The van der Waals surface area contributed by atoms with Gasteiger partial charge in [0.15, 0.2) is 5.75 Å². The summed E-state index contributed by atoms with van der Waals surface area (Å²) in [6, 6.07) is 4.43. The highest BCUT2D eigenvalue weighted by atomic mass is 32.2. The Morgan fingerprint density at radius 1 is 1.32 bits per heavy atom. The van der Waals surface area contributed by atoms with Crippen molar-refractivity contribution in [3.05, 3.63) is 23.8 Å². The number of benzene rings is 1. The molecule has 2 atom stereocenters. The zero-order valence-electron chi connectivity index (χ0n) is 17.0. The summed E-state index contributed by atoms with van der Waals surface area (Å²) >= 11 is 0. The van der Waals surface area contributed by atoms with E-state index in [0.29, 0.717) is 30.8 Å². The van der Waals surface area contributed by atoms with Gasteiger partial charge >= 0.3 is 5.97 Å². The number of carbonyl (C=O) groups is 1. The van der Waals surface area contributed by atoms with Crippen molar-refractivity contribution >= 4 is 16.0 Å². The maximum absolute atomic E-state index is 12.6. The Kier molecular flexibility index (Phi) is 7.30. The van der Waals surface area contributed by atoms with E-state index in [1.54, 1.807) is 18.2 Å². The third kappa shape index (κ3) is 5.59. The lowest BCUT2D eigenvalue weighted by Crippen LogP contribution is -2.49. The van der Waals surface area contributed by atoms with Crippen molar-refractivity contribution in [2.75, 3.05) is 19.5 Å². The highest BCUT2D eigenvalue weighted by Crippen LogP contribution is 2.46. The molecule has 0 fully saturated rings. The second-order valence-electron chi connectivity index (χ2n) is 7.34. The molecular formula is C19H29NO7S. The largest absolute Gasteiger partial charge is 0.487 e. The highest BCUT2D eigenvalue weighted by Gasteiger charge is 2.44. The molecule has 158 valence electrons. The first-order valence-corrected chi connectivity index (χ1v) is 10.9. The predicted octanol–water partition coefficient (Wildman–Crippen LogP) is 2.74. The lowest BCUT2D eigenvalue weighted by molar-refractivity contribution is -0.210. The van der Waals surface area contributed by atoms with Gasteiger partial charge in [-0.2, -0.15) is 0 Å². The third-order valence-electron chi connectivity index (χ3n) is 4.75. The van der Waals surface area contributed by atoms with Gasteiger partial charge in [0, 0.05) is 32.1 Å². The summed E-state index contributed by atoms with van der Waals surface area (Å²) in [5, 5.41) is 0. The number of ether oxygens (including phenoxy) is 2. The second-order valence-corrected chi connectivity index (χ2v) is 9.21. The molecule has 0 spiro atoms. The fourth-order valence-corrected chi connectivity index (χ4v) is 4.81. The van der Waals surface area contributed by atoms with Crippen LogP contribution >= 0.6 is 0 Å². The van der Waals surface area contributed by atoms with Crippen LogP contribution in [-0.2, 0) is 24.4 Å². The maximum Gasteiger partial charge on any atom is 0.352 e. The van der Waals surface area contributed by atoms with Gasteiger partial charge in [0.25, 0.3) is 0 Å². The molecule has 28 heavy (non-hydrogen) atoms. The predicted molar refractivity (Wildman–Crippen MR) is 103 cm³/mol. The summed E-state index contributed by atoms with van der Waals surface area (Å²) < 4.78 is 39.2. The summed E-state index contributed by atoms with van der Waals surface area (Å²) in [6.45, 7) is 7.48. The molecule has 8 nitrogen and oxygen atoms in total. The van der Waals surface area contributed by atoms with Crippen LogP contribution in [0.5, 0.6) is 11.5 Å². The summed E-state index contributed by atoms with van der Waals surface area (Å²) in [5.74, 6) is 0.122. The fraction of sp³-hybridized carbons (Fsp3) is 0.632. The zero-order chi connectivity index (χ0) is 20.9. The Balaban J connectivity index is 2.37. The van der Waals surface area contributed by atoms with E-state index in [1.807, 2.05) is 20.8 Å². The number of carbonyl (C=O) groups excluding carboxylic acids is 1. The van der Waals surface area contributed by atoms with Gasteiger partial charge in [-0.15, -0.1) is 0 Å². The molecule has 2 unspecified atom stereocenters. The van der Waals surface area contributed by atoms with Gasteiger partial charge in [-0.3, -0.25) is 9.78 Å². The number of rotatable bonds is 9. The third-order valence-corrected chi connectivity index (χ3v) is 6.19. The van der Waals surface area contributed by atoms with Gasteiger partial charge in [0.05, 0.1) is 11.8 Å². The van der Waals surface area contributed by atoms with Crippen LogP contribution < -0.4 is 14.3 Å². The van der Waals surface area contributed by atoms with Crippen molar-refractivity contribution in [3.8, 4) is 11.5 Å². The van der Waals surface area contributed by atoms with Crippen molar-refractivity contribution in [2.24, 2.45) is 5.92 Å². The Bertz CT molecular complexity index is 791. The van der Waals surface area contributed by atoms with Crippen LogP contribution in [0.2, 0.25) is 0 Å². The summed E-state index contributed by atoms with van der Waals surface area (Å²) in [7, 11) is -2.00. The SMILES string of the molecule is CCC1C(NS(=O)(=O)CCCOC)c2cc(OOC(C)=O)ccc2OC1(C)C. The van der Waals surface area contributed by atoms with E-state index in [-0.39, 0.29) is 17.4 Å². The number of fused-ring (bicyclic) bond motifs is 1. The Hall–Kier alpha value is -1.84. The van der Waals surface area contributed by atoms with E-state index >= 15 is 0 Å². The first kappa shape index (κ1) is 22.4. The smallest absolute Gasteiger partial charge is 0.352 e. The van der Waals surface area contributed by atoms with Gasteiger partial charge in [-0.1, -0.05) is 6.92 Å². The fourth-order valence-electron chi connectivity index (χ4n) is 3.52. The van der Waals surface area contributed by atoms with E-state index in [4.69, 9.17) is 14.4 Å². The van der Waals surface area contributed by atoms with Crippen LogP contribution in [0.3, 0.4) is 0 Å². The van der Waals surface area contributed by atoms with Crippen molar-refractivity contribution in [3.63, 3.8) is 0 Å². The van der Waals surface area contributed by atoms with E-state index < -0.39 is 27.6 Å². The first-order chi connectivity index (χ1) is 13.1. The molecule has 1 aromatic rings. The summed E-state index contributed by atoms with van der Waals surface area (Å²) in [5.41, 5.74) is 0.0749. The van der Waals surface area contributed by atoms with Gasteiger partial charge in [-0.25, -0.2) is 17.9 Å². The van der Waals surface area contributed by atoms with E-state index in [0.717, 1.165) is 0 Å². The lowest BCUT2D eigenvalue weighted by atomic mass is 9.77. The van der Waals surface area contributed by atoms with Crippen LogP contribution in [0.25, 0.3) is 0 Å². The molecule has 0 aliphatic carbocycles. The number of nitrogens with one attached hydrogen (secondary N) is 1. The molecule has 1 N–H and O–H groups in total. The second kappa shape index (κ2) is 9.11. The minimum absolute atomic E-state index is 0.0337. The average molecular weight is 416 g/mol. The average Bonchev–Trinajstić information content (AvgIpc) is 2.59. The highest BCUT2D eigenvalue weighted by molar-refractivity contribution is 7.89. The van der Waals surface area contributed by atoms with Crippen LogP contribution in [0.4, 0.5) is 0 Å². The molecule has 1 aliphatic rings. The number of sulfonamides is 1. The number of methoxy groups -OCH3 is 1. The molecule has 0 amide bonds. The molecule has 0 bridgehead atoms. The number of hydrogen-bond acceptors (Lipinski definition) is 7. The van der Waals surface area contributed by atoms with Crippen LogP contribution in [0.15, 0.2) is 18.2 Å². The summed E-state index contributed by atoms with van der Waals surface area (Å²) in [4.78, 5) is 20.6. The molecule has 1 aromatic carbocycles. The van der Waals surface area contributed by atoms with E-state index in [1.165, 1.54) is 14.0 Å². The van der Waals surface area contributed by atoms with E-state index in [9.17, 15) is 13.2 Å². The standard InChI is InChI=1S/C19H29NO7S/c1-6-16-18(20-28(22,23)11-7-10-24-5)15-12-14(27-26-13(2)21)8-9-17(15)25-19(16,3)4/h8-9,12,16,18,20H,6-7,10-11H2,1-5H3. The summed E-state index contributed by atoms with van der Waals surface area (Å²) in [6.07, 6.45) is 1.10. The van der Waals surface area contributed by atoms with Gasteiger partial charge < -0.3 is 9.47 Å². The van der Waals surface area contributed by atoms with E-state index in [2.05, 4.69) is 9.61 Å². The topological polar surface area (TPSA) is 100 Å². The van der Waals surface area contributed by atoms with Crippen molar-refractivity contribution < 1.29 is 32.5 Å². The lowest BCUT2D eigenvalue weighted by Gasteiger charge is -2.44. The molecule has 1 heterocycles. The zero-order valence-corrected chi connectivity index (χ0v) is 17.8. The monoisotopic (exact) mass is 415 g/mol. The quantitative estimate of drug-likeness (QED) is 0.376. The van der Waals surface area contributed by atoms with Gasteiger partial charge in [-0.05, 0) is 44.9 Å². The van der Waals surface area contributed by atoms with Crippen molar-refractivity contribution in [1.29, 1.82) is 0 Å².